The molecule has 94 valence electrons. The molecule has 1 aromatic heterocycles. The van der Waals surface area contributed by atoms with Crippen molar-refractivity contribution >= 4 is 22.7 Å². The van der Waals surface area contributed by atoms with Crippen LogP contribution in [-0.2, 0) is 0 Å². The molecule has 0 unspecified atom stereocenters. The van der Waals surface area contributed by atoms with Crippen LogP contribution in [0.3, 0.4) is 0 Å². The van der Waals surface area contributed by atoms with Crippen molar-refractivity contribution in [2.45, 2.75) is 6.92 Å². The number of nitrogens with one attached hydrogen (secondary N) is 1. The highest BCUT2D eigenvalue weighted by molar-refractivity contribution is 7.13. The second-order valence-corrected chi connectivity index (χ2v) is 4.45. The van der Waals surface area contributed by atoms with E-state index in [9.17, 15) is 4.39 Å². The molecular weight excluding hydrogens is 253 g/mol. The normalized spacial score (nSPS) is 10.8. The van der Waals surface area contributed by atoms with Gasteiger partial charge in [0.1, 0.15) is 11.6 Å². The first kappa shape index (κ1) is 12.5. The van der Waals surface area contributed by atoms with E-state index in [0.717, 1.165) is 5.69 Å². The van der Waals surface area contributed by atoms with Crippen molar-refractivity contribution in [1.29, 1.82) is 0 Å². The minimum Gasteiger partial charge on any atom is -0.497 e. The van der Waals surface area contributed by atoms with Crippen LogP contribution in [-0.4, -0.2) is 18.3 Å². The highest BCUT2D eigenvalue weighted by atomic mass is 32.1. The van der Waals surface area contributed by atoms with E-state index in [1.807, 2.05) is 12.3 Å². The Hall–Kier alpha value is -1.95. The molecule has 4 nitrogen and oxygen atoms in total. The quantitative estimate of drug-likeness (QED) is 0.682. The van der Waals surface area contributed by atoms with Crippen molar-refractivity contribution in [3.63, 3.8) is 0 Å². The summed E-state index contributed by atoms with van der Waals surface area (Å²) in [6.07, 6.45) is 1.52. The number of rotatable bonds is 4. The smallest absolute Gasteiger partial charge is 0.203 e. The number of methoxy groups -OCH3 is 1. The molecule has 0 spiro atoms. The Morgan fingerprint density at radius 1 is 1.44 bits per heavy atom. The van der Waals surface area contributed by atoms with Gasteiger partial charge in [-0.05, 0) is 19.1 Å². The lowest BCUT2D eigenvalue weighted by Crippen LogP contribution is -1.92. The molecule has 0 saturated carbocycles. The maximum Gasteiger partial charge on any atom is 0.203 e. The first-order valence-electron chi connectivity index (χ1n) is 5.23. The summed E-state index contributed by atoms with van der Waals surface area (Å²) in [7, 11) is 1.49. The van der Waals surface area contributed by atoms with Crippen molar-refractivity contribution in [3.8, 4) is 5.75 Å². The van der Waals surface area contributed by atoms with Crippen LogP contribution in [0.25, 0.3) is 0 Å². The Morgan fingerprint density at radius 2 is 2.28 bits per heavy atom. The number of ether oxygens (including phenoxy) is 1. The maximum atomic E-state index is 13.2. The Balaban J connectivity index is 2.06. The number of thiazole rings is 1. The summed E-state index contributed by atoms with van der Waals surface area (Å²) >= 11 is 1.46. The van der Waals surface area contributed by atoms with Crippen LogP contribution >= 0.6 is 11.3 Å². The summed E-state index contributed by atoms with van der Waals surface area (Å²) < 4.78 is 18.2. The molecule has 0 saturated heterocycles. The molecule has 0 radical (unpaired) electrons. The number of benzene rings is 1. The van der Waals surface area contributed by atoms with Crippen LogP contribution in [0, 0.1) is 12.7 Å². The van der Waals surface area contributed by atoms with Crippen LogP contribution in [0.4, 0.5) is 9.52 Å². The lowest BCUT2D eigenvalue weighted by atomic mass is 10.2. The van der Waals surface area contributed by atoms with E-state index in [1.165, 1.54) is 36.8 Å². The summed E-state index contributed by atoms with van der Waals surface area (Å²) in [4.78, 5) is 4.19. The van der Waals surface area contributed by atoms with Gasteiger partial charge in [-0.2, -0.15) is 5.10 Å². The van der Waals surface area contributed by atoms with E-state index in [2.05, 4.69) is 15.5 Å². The zero-order valence-corrected chi connectivity index (χ0v) is 10.8. The van der Waals surface area contributed by atoms with Gasteiger partial charge in [0.15, 0.2) is 0 Å². The Labute approximate surface area is 108 Å². The van der Waals surface area contributed by atoms with Crippen LogP contribution in [0.2, 0.25) is 0 Å². The summed E-state index contributed by atoms with van der Waals surface area (Å²) in [5.74, 6) is 0.0995. The van der Waals surface area contributed by atoms with Gasteiger partial charge in [-0.3, -0.25) is 5.43 Å². The van der Waals surface area contributed by atoms with Gasteiger partial charge in [-0.15, -0.1) is 11.3 Å². The fourth-order valence-corrected chi connectivity index (χ4v) is 1.98. The third kappa shape index (κ3) is 3.27. The molecule has 0 aliphatic carbocycles. The molecule has 2 rings (SSSR count). The molecular formula is C12H12FN3OS. The monoisotopic (exact) mass is 265 g/mol. The lowest BCUT2D eigenvalue weighted by Gasteiger charge is -2.01. The number of aromatic nitrogens is 1. The van der Waals surface area contributed by atoms with Crippen molar-refractivity contribution in [1.82, 2.24) is 4.98 Å². The predicted octanol–water partition coefficient (Wildman–Crippen LogP) is 3.05. The Morgan fingerprint density at radius 3 is 2.94 bits per heavy atom. The zero-order chi connectivity index (χ0) is 13.0. The lowest BCUT2D eigenvalue weighted by molar-refractivity contribution is 0.411. The number of halogens is 1. The number of anilines is 1. The molecule has 0 bridgehead atoms. The maximum absolute atomic E-state index is 13.2. The molecule has 0 aliphatic rings. The van der Waals surface area contributed by atoms with Gasteiger partial charge in [0.25, 0.3) is 0 Å². The predicted molar refractivity (Wildman–Crippen MR) is 71.0 cm³/mol. The molecule has 18 heavy (non-hydrogen) atoms. The van der Waals surface area contributed by atoms with Crippen LogP contribution in [0.1, 0.15) is 11.3 Å². The third-order valence-corrected chi connectivity index (χ3v) is 2.99. The summed E-state index contributed by atoms with van der Waals surface area (Å²) in [6.45, 7) is 1.91. The fraction of sp³-hybridized carbons (Fsp3) is 0.167. The first-order chi connectivity index (χ1) is 8.67. The van der Waals surface area contributed by atoms with E-state index in [1.54, 1.807) is 6.07 Å². The summed E-state index contributed by atoms with van der Waals surface area (Å²) in [6, 6.07) is 4.39. The van der Waals surface area contributed by atoms with Gasteiger partial charge in [0.2, 0.25) is 5.13 Å². The largest absolute Gasteiger partial charge is 0.497 e. The Bertz CT molecular complexity index is 568. The van der Waals surface area contributed by atoms with Gasteiger partial charge < -0.3 is 4.74 Å². The van der Waals surface area contributed by atoms with Gasteiger partial charge in [0.05, 0.1) is 19.0 Å². The second kappa shape index (κ2) is 5.59. The minimum atomic E-state index is -0.360. The zero-order valence-electron chi connectivity index (χ0n) is 9.98. The number of aryl methyl sites for hydroxylation is 1. The standard InChI is InChI=1S/C12H12FN3OS/c1-8-7-18-12(15-8)16-14-6-9-3-10(13)5-11(4-9)17-2/h3-7H,1-2H3,(H,15,16). The number of nitrogens with zero attached hydrogens (tertiary/aromatic N) is 2. The van der Waals surface area contributed by atoms with Gasteiger partial charge in [0, 0.05) is 17.0 Å². The molecule has 0 fully saturated rings. The molecule has 1 heterocycles. The number of hydrogen-bond donors (Lipinski definition) is 1. The molecule has 0 atom stereocenters. The molecule has 0 amide bonds. The van der Waals surface area contributed by atoms with Crippen LogP contribution < -0.4 is 10.2 Å². The average Bonchev–Trinajstić information content (AvgIpc) is 2.74. The highest BCUT2D eigenvalue weighted by Crippen LogP contribution is 2.16. The Kier molecular flexibility index (Phi) is 3.88. The summed E-state index contributed by atoms with van der Waals surface area (Å²) in [5.41, 5.74) is 4.34. The SMILES string of the molecule is COc1cc(F)cc(C=NNc2nc(C)cs2)c1. The first-order valence-corrected chi connectivity index (χ1v) is 6.11. The van der Waals surface area contributed by atoms with Crippen molar-refractivity contribution in [2.75, 3.05) is 12.5 Å². The van der Waals surface area contributed by atoms with Crippen LogP contribution in [0.15, 0.2) is 28.7 Å². The topological polar surface area (TPSA) is 46.5 Å². The molecule has 0 aliphatic heterocycles. The van der Waals surface area contributed by atoms with E-state index in [4.69, 9.17) is 4.74 Å². The second-order valence-electron chi connectivity index (χ2n) is 3.59. The van der Waals surface area contributed by atoms with Crippen molar-refractivity contribution < 1.29 is 9.13 Å². The molecule has 6 heteroatoms. The van der Waals surface area contributed by atoms with Crippen molar-refractivity contribution in [3.05, 3.63) is 40.7 Å². The van der Waals surface area contributed by atoms with Crippen LogP contribution in [0.5, 0.6) is 5.75 Å². The van der Waals surface area contributed by atoms with E-state index in [-0.39, 0.29) is 5.82 Å². The number of hydrogen-bond acceptors (Lipinski definition) is 5. The number of hydrazone groups is 1. The van der Waals surface area contributed by atoms with Crippen molar-refractivity contribution in [2.24, 2.45) is 5.10 Å². The van der Waals surface area contributed by atoms with Gasteiger partial charge in [-0.25, -0.2) is 9.37 Å². The average molecular weight is 265 g/mol. The summed E-state index contributed by atoms with van der Waals surface area (Å²) in [5, 5.41) is 6.61. The minimum absolute atomic E-state index is 0.360. The van der Waals surface area contributed by atoms with Gasteiger partial charge >= 0.3 is 0 Å². The fourth-order valence-electron chi connectivity index (χ4n) is 1.34. The van der Waals surface area contributed by atoms with E-state index < -0.39 is 0 Å². The molecule has 1 aromatic carbocycles. The van der Waals surface area contributed by atoms with Gasteiger partial charge in [-0.1, -0.05) is 0 Å². The molecule has 1 N–H and O–H groups in total. The third-order valence-electron chi connectivity index (χ3n) is 2.12. The highest BCUT2D eigenvalue weighted by Gasteiger charge is 1.99. The molecule has 2 aromatic rings. The van der Waals surface area contributed by atoms with E-state index >= 15 is 0 Å². The van der Waals surface area contributed by atoms with E-state index in [0.29, 0.717) is 16.4 Å².